The Morgan fingerprint density at radius 1 is 1.06 bits per heavy atom. The van der Waals surface area contributed by atoms with E-state index < -0.39 is 11.6 Å². The van der Waals surface area contributed by atoms with Crippen LogP contribution in [0.1, 0.15) is 30.7 Å². The molecular formula is C25H23N3O4. The van der Waals surface area contributed by atoms with E-state index in [4.69, 9.17) is 9.15 Å². The zero-order valence-corrected chi connectivity index (χ0v) is 17.9. The van der Waals surface area contributed by atoms with Crippen LogP contribution in [-0.2, 0) is 5.54 Å². The van der Waals surface area contributed by atoms with E-state index in [0.29, 0.717) is 23.2 Å². The number of nitrogens with one attached hydrogen (secondary N) is 1. The number of carbonyl (C=O) groups is 1. The first-order chi connectivity index (χ1) is 15.5. The van der Waals surface area contributed by atoms with Gasteiger partial charge < -0.3 is 19.6 Å². The van der Waals surface area contributed by atoms with Gasteiger partial charge in [-0.15, -0.1) is 0 Å². The Morgan fingerprint density at radius 3 is 2.38 bits per heavy atom. The van der Waals surface area contributed by atoms with Gasteiger partial charge in [-0.2, -0.15) is 9.97 Å². The number of aryl methyl sites for hydroxylation is 1. The number of fused-ring (bicyclic) bond motifs is 1. The molecule has 0 bridgehead atoms. The lowest BCUT2D eigenvalue weighted by atomic mass is 9.72. The molecule has 2 aromatic heterocycles. The molecule has 0 unspecified atom stereocenters. The first kappa shape index (κ1) is 20.1. The molecule has 2 N–H and O–H groups in total. The van der Waals surface area contributed by atoms with Crippen LogP contribution in [0.2, 0.25) is 0 Å². The lowest BCUT2D eigenvalue weighted by molar-refractivity contribution is 0.144. The zero-order valence-electron chi connectivity index (χ0n) is 17.9. The second-order valence-electron chi connectivity index (χ2n) is 8.08. The Labute approximate surface area is 185 Å². The van der Waals surface area contributed by atoms with Crippen LogP contribution in [0.15, 0.2) is 59.0 Å². The van der Waals surface area contributed by atoms with Crippen molar-refractivity contribution < 1.29 is 19.1 Å². The van der Waals surface area contributed by atoms with Crippen molar-refractivity contribution in [1.82, 2.24) is 15.3 Å². The van der Waals surface area contributed by atoms with Crippen LogP contribution >= 0.6 is 0 Å². The molecule has 32 heavy (non-hydrogen) atoms. The van der Waals surface area contributed by atoms with Crippen LogP contribution < -0.4 is 10.1 Å². The van der Waals surface area contributed by atoms with Gasteiger partial charge in [0.25, 0.3) is 0 Å². The standard InChI is InChI=1S/C25H23N3O4/c1-15-26-22(31-2)20-19(16-7-4-3-5-8-16)21(32-23(20)27-15)17-9-11-18(12-10-17)25(13-6-14-25)28-24(29)30/h3-5,7-12,28H,6,13-14H2,1-2H3,(H,29,30). The summed E-state index contributed by atoms with van der Waals surface area (Å²) in [6.45, 7) is 1.80. The number of hydrogen-bond donors (Lipinski definition) is 2. The first-order valence-electron chi connectivity index (χ1n) is 10.5. The molecule has 5 rings (SSSR count). The molecule has 0 spiro atoms. The van der Waals surface area contributed by atoms with Crippen LogP contribution in [-0.4, -0.2) is 28.3 Å². The summed E-state index contributed by atoms with van der Waals surface area (Å²) in [5.74, 6) is 1.71. The third-order valence-electron chi connectivity index (χ3n) is 6.14. The van der Waals surface area contributed by atoms with Crippen molar-refractivity contribution in [2.24, 2.45) is 0 Å². The Bertz CT molecular complexity index is 1290. The van der Waals surface area contributed by atoms with Crippen LogP contribution in [0.3, 0.4) is 0 Å². The van der Waals surface area contributed by atoms with Crippen molar-refractivity contribution in [3.8, 4) is 28.3 Å². The first-order valence-corrected chi connectivity index (χ1v) is 10.5. The molecule has 7 nitrogen and oxygen atoms in total. The summed E-state index contributed by atoms with van der Waals surface area (Å²) in [6, 6.07) is 17.8. The number of aromatic nitrogens is 2. The van der Waals surface area contributed by atoms with Crippen molar-refractivity contribution in [1.29, 1.82) is 0 Å². The maximum Gasteiger partial charge on any atom is 0.405 e. The molecule has 1 amide bonds. The smallest absolute Gasteiger partial charge is 0.405 e. The summed E-state index contributed by atoms with van der Waals surface area (Å²) in [7, 11) is 1.59. The van der Waals surface area contributed by atoms with Crippen molar-refractivity contribution in [2.75, 3.05) is 7.11 Å². The number of furan rings is 1. The lowest BCUT2D eigenvalue weighted by Gasteiger charge is -2.42. The van der Waals surface area contributed by atoms with Gasteiger partial charge in [0.15, 0.2) is 0 Å². The van der Waals surface area contributed by atoms with E-state index in [1.165, 1.54) is 0 Å². The van der Waals surface area contributed by atoms with Crippen LogP contribution in [0.25, 0.3) is 33.6 Å². The van der Waals surface area contributed by atoms with Gasteiger partial charge in [0.1, 0.15) is 17.0 Å². The Balaban J connectivity index is 1.67. The van der Waals surface area contributed by atoms with Crippen LogP contribution in [0.5, 0.6) is 5.88 Å². The highest BCUT2D eigenvalue weighted by Gasteiger charge is 2.40. The quantitative estimate of drug-likeness (QED) is 0.433. The van der Waals surface area contributed by atoms with E-state index in [2.05, 4.69) is 15.3 Å². The molecule has 1 fully saturated rings. The normalized spacial score (nSPS) is 14.7. The molecule has 162 valence electrons. The third kappa shape index (κ3) is 3.26. The number of ether oxygens (including phenoxy) is 1. The van der Waals surface area contributed by atoms with Gasteiger partial charge in [-0.1, -0.05) is 54.6 Å². The summed E-state index contributed by atoms with van der Waals surface area (Å²) in [4.78, 5) is 20.3. The largest absolute Gasteiger partial charge is 0.480 e. The SMILES string of the molecule is COc1nc(C)nc2oc(-c3ccc(C4(NC(=O)O)CCC4)cc3)c(-c3ccccc3)c12. The number of hydrogen-bond acceptors (Lipinski definition) is 5. The van der Waals surface area contributed by atoms with Crippen molar-refractivity contribution in [3.63, 3.8) is 0 Å². The highest BCUT2D eigenvalue weighted by Crippen LogP contribution is 2.45. The molecule has 0 aliphatic heterocycles. The fourth-order valence-corrected chi connectivity index (χ4v) is 4.46. The Morgan fingerprint density at radius 2 is 1.78 bits per heavy atom. The molecule has 1 aliphatic rings. The maximum absolute atomic E-state index is 11.3. The fraction of sp³-hybridized carbons (Fsp3) is 0.240. The summed E-state index contributed by atoms with van der Waals surface area (Å²) in [5, 5.41) is 12.7. The monoisotopic (exact) mass is 429 g/mol. The van der Waals surface area contributed by atoms with Crippen molar-refractivity contribution in [2.45, 2.75) is 31.7 Å². The molecule has 0 saturated heterocycles. The van der Waals surface area contributed by atoms with Gasteiger partial charge in [0, 0.05) is 11.1 Å². The van der Waals surface area contributed by atoms with E-state index in [1.807, 2.05) is 54.6 Å². The molecule has 0 atom stereocenters. The van der Waals surface area contributed by atoms with Gasteiger partial charge in [-0.25, -0.2) is 4.79 Å². The van der Waals surface area contributed by atoms with E-state index in [0.717, 1.165) is 46.9 Å². The minimum Gasteiger partial charge on any atom is -0.480 e. The minimum absolute atomic E-state index is 0.468. The summed E-state index contributed by atoms with van der Waals surface area (Å²) >= 11 is 0. The number of amides is 1. The lowest BCUT2D eigenvalue weighted by Crippen LogP contribution is -2.50. The average Bonchev–Trinajstić information content (AvgIpc) is 3.15. The molecule has 2 aromatic carbocycles. The number of carboxylic acid groups (broad SMARTS) is 1. The number of methoxy groups -OCH3 is 1. The predicted octanol–water partition coefficient (Wildman–Crippen LogP) is 5.52. The molecule has 1 aliphatic carbocycles. The molecular weight excluding hydrogens is 406 g/mol. The minimum atomic E-state index is -1.00. The summed E-state index contributed by atoms with van der Waals surface area (Å²) in [6.07, 6.45) is 1.59. The second kappa shape index (κ2) is 7.67. The van der Waals surface area contributed by atoms with Crippen molar-refractivity contribution in [3.05, 3.63) is 66.0 Å². The van der Waals surface area contributed by atoms with Gasteiger partial charge in [0.05, 0.1) is 12.6 Å². The van der Waals surface area contributed by atoms with E-state index >= 15 is 0 Å². The fourth-order valence-electron chi connectivity index (χ4n) is 4.46. The topological polar surface area (TPSA) is 97.5 Å². The molecule has 7 heteroatoms. The van der Waals surface area contributed by atoms with E-state index in [9.17, 15) is 9.90 Å². The molecule has 1 saturated carbocycles. The number of nitrogens with zero attached hydrogens (tertiary/aromatic N) is 2. The van der Waals surface area contributed by atoms with Gasteiger partial charge in [-0.3, -0.25) is 0 Å². The summed E-state index contributed by atoms with van der Waals surface area (Å²) in [5.41, 5.74) is 3.63. The average molecular weight is 429 g/mol. The van der Waals surface area contributed by atoms with E-state index in [1.54, 1.807) is 14.0 Å². The molecule has 2 heterocycles. The Kier molecular flexibility index (Phi) is 4.81. The zero-order chi connectivity index (χ0) is 22.3. The maximum atomic E-state index is 11.3. The second-order valence-corrected chi connectivity index (χ2v) is 8.08. The highest BCUT2D eigenvalue weighted by molar-refractivity contribution is 6.03. The van der Waals surface area contributed by atoms with Gasteiger partial charge in [-0.05, 0) is 37.3 Å². The molecule has 4 aromatic rings. The Hall–Kier alpha value is -3.87. The highest BCUT2D eigenvalue weighted by atomic mass is 16.5. The van der Waals surface area contributed by atoms with E-state index in [-0.39, 0.29) is 0 Å². The van der Waals surface area contributed by atoms with Crippen molar-refractivity contribution >= 4 is 17.2 Å². The number of benzene rings is 2. The molecule has 0 radical (unpaired) electrons. The van der Waals surface area contributed by atoms with Crippen LogP contribution in [0.4, 0.5) is 4.79 Å². The summed E-state index contributed by atoms with van der Waals surface area (Å²) < 4.78 is 11.8. The number of rotatable bonds is 5. The van der Waals surface area contributed by atoms with Crippen LogP contribution in [0, 0.1) is 6.92 Å². The van der Waals surface area contributed by atoms with Gasteiger partial charge in [0.2, 0.25) is 11.6 Å². The van der Waals surface area contributed by atoms with Gasteiger partial charge >= 0.3 is 6.09 Å². The third-order valence-corrected chi connectivity index (χ3v) is 6.14. The predicted molar refractivity (Wildman–Crippen MR) is 121 cm³/mol.